The first-order valence-corrected chi connectivity index (χ1v) is 13.5. The van der Waals surface area contributed by atoms with Crippen LogP contribution in [-0.4, -0.2) is 40.0 Å². The molecule has 0 aliphatic carbocycles. The van der Waals surface area contributed by atoms with E-state index in [9.17, 15) is 8.42 Å². The lowest BCUT2D eigenvalue weighted by molar-refractivity contribution is 0.282. The van der Waals surface area contributed by atoms with Crippen LogP contribution in [0.3, 0.4) is 0 Å². The summed E-state index contributed by atoms with van der Waals surface area (Å²) in [6, 6.07) is 15.5. The van der Waals surface area contributed by atoms with E-state index in [-0.39, 0.29) is 5.75 Å². The molecule has 0 radical (unpaired) electrons. The quantitative estimate of drug-likeness (QED) is 0.255. The zero-order valence-corrected chi connectivity index (χ0v) is 20.5. The number of hydrogen-bond donors (Lipinski definition) is 1. The van der Waals surface area contributed by atoms with Gasteiger partial charge in [-0.15, -0.1) is 0 Å². The van der Waals surface area contributed by atoms with Crippen LogP contribution in [0.15, 0.2) is 53.4 Å². The minimum atomic E-state index is -3.22. The Kier molecular flexibility index (Phi) is 11.5. The smallest absolute Gasteiger partial charge is 0.178 e. The van der Waals surface area contributed by atoms with Gasteiger partial charge < -0.3 is 10.0 Å². The van der Waals surface area contributed by atoms with Crippen molar-refractivity contribution in [2.24, 2.45) is 0 Å². The van der Waals surface area contributed by atoms with Gasteiger partial charge >= 0.3 is 0 Å². The van der Waals surface area contributed by atoms with Gasteiger partial charge in [-0.3, -0.25) is 0 Å². The highest BCUT2D eigenvalue weighted by atomic mass is 32.2. The van der Waals surface area contributed by atoms with E-state index in [0.29, 0.717) is 11.5 Å². The number of unbranched alkanes of at least 4 members (excludes halogenated alkanes) is 8. The third kappa shape index (κ3) is 9.58. The predicted molar refractivity (Wildman–Crippen MR) is 137 cm³/mol. The average molecular weight is 458 g/mol. The molecule has 2 rings (SSSR count). The van der Waals surface area contributed by atoms with Crippen molar-refractivity contribution in [3.63, 3.8) is 0 Å². The van der Waals surface area contributed by atoms with Gasteiger partial charge in [0, 0.05) is 26.4 Å². The standard InChI is InChI=1S/C27H39NO3S/c1-28(2)26-18-14-24(15-19-26)12-13-25-16-20-27(21-17-25)32(30,31)23-11-9-7-5-3-4-6-8-10-22-29/h12-21,29H,3-11,22-23H2,1-2H3. The van der Waals surface area contributed by atoms with Crippen LogP contribution in [0.1, 0.15) is 68.9 Å². The van der Waals surface area contributed by atoms with Crippen molar-refractivity contribution < 1.29 is 13.5 Å². The van der Waals surface area contributed by atoms with E-state index in [0.717, 1.165) is 55.3 Å². The average Bonchev–Trinajstić information content (AvgIpc) is 2.79. The van der Waals surface area contributed by atoms with Crippen LogP contribution >= 0.6 is 0 Å². The monoisotopic (exact) mass is 457 g/mol. The Balaban J connectivity index is 1.73. The Bertz CT molecular complexity index is 901. The SMILES string of the molecule is CN(C)c1ccc(C=Cc2ccc(S(=O)(=O)CCCCCCCCCCCO)cc2)cc1. The van der Waals surface area contributed by atoms with Gasteiger partial charge in [-0.05, 0) is 48.2 Å². The number of aliphatic hydroxyl groups excluding tert-OH is 1. The number of anilines is 1. The molecule has 0 fully saturated rings. The first kappa shape index (κ1) is 26.1. The highest BCUT2D eigenvalue weighted by Crippen LogP contribution is 2.18. The summed E-state index contributed by atoms with van der Waals surface area (Å²) in [4.78, 5) is 2.48. The number of nitrogens with zero attached hydrogens (tertiary/aromatic N) is 1. The van der Waals surface area contributed by atoms with Gasteiger partial charge in [0.15, 0.2) is 9.84 Å². The van der Waals surface area contributed by atoms with Gasteiger partial charge in [0.05, 0.1) is 10.6 Å². The molecule has 0 aliphatic heterocycles. The lowest BCUT2D eigenvalue weighted by Gasteiger charge is -2.11. The summed E-state index contributed by atoms with van der Waals surface area (Å²) in [6.07, 6.45) is 13.6. The zero-order valence-electron chi connectivity index (χ0n) is 19.7. The maximum absolute atomic E-state index is 12.6. The molecule has 0 saturated carbocycles. The van der Waals surface area contributed by atoms with Crippen molar-refractivity contribution in [2.45, 2.75) is 62.7 Å². The van der Waals surface area contributed by atoms with Crippen LogP contribution in [0.4, 0.5) is 5.69 Å². The van der Waals surface area contributed by atoms with Crippen molar-refractivity contribution in [3.8, 4) is 0 Å². The lowest BCUT2D eigenvalue weighted by atomic mass is 10.1. The zero-order chi connectivity index (χ0) is 23.2. The molecule has 0 aromatic heterocycles. The van der Waals surface area contributed by atoms with Gasteiger partial charge in [0.25, 0.3) is 0 Å². The second-order valence-electron chi connectivity index (χ2n) is 8.61. The molecule has 0 aliphatic rings. The number of sulfone groups is 1. The topological polar surface area (TPSA) is 57.6 Å². The van der Waals surface area contributed by atoms with E-state index in [1.165, 1.54) is 19.3 Å². The highest BCUT2D eigenvalue weighted by Gasteiger charge is 2.13. The molecule has 2 aromatic carbocycles. The lowest BCUT2D eigenvalue weighted by Crippen LogP contribution is -2.07. The molecule has 0 amide bonds. The van der Waals surface area contributed by atoms with Crippen molar-refractivity contribution in [1.82, 2.24) is 0 Å². The van der Waals surface area contributed by atoms with Crippen LogP contribution < -0.4 is 4.90 Å². The molecule has 0 saturated heterocycles. The van der Waals surface area contributed by atoms with Crippen LogP contribution in [0.25, 0.3) is 12.2 Å². The first-order chi connectivity index (χ1) is 15.4. The first-order valence-electron chi connectivity index (χ1n) is 11.8. The molecule has 4 nitrogen and oxygen atoms in total. The van der Waals surface area contributed by atoms with Crippen molar-refractivity contribution in [3.05, 3.63) is 59.7 Å². The van der Waals surface area contributed by atoms with Crippen molar-refractivity contribution in [1.29, 1.82) is 0 Å². The van der Waals surface area contributed by atoms with Crippen LogP contribution in [0.2, 0.25) is 0 Å². The van der Waals surface area contributed by atoms with Gasteiger partial charge in [-0.1, -0.05) is 81.4 Å². The number of rotatable bonds is 15. The second-order valence-corrected chi connectivity index (χ2v) is 10.7. The van der Waals surface area contributed by atoms with E-state index in [4.69, 9.17) is 5.11 Å². The van der Waals surface area contributed by atoms with Crippen LogP contribution in [0, 0.1) is 0 Å². The van der Waals surface area contributed by atoms with Gasteiger partial charge in [0.1, 0.15) is 0 Å². The van der Waals surface area contributed by atoms with E-state index in [1.54, 1.807) is 12.1 Å². The summed E-state index contributed by atoms with van der Waals surface area (Å²) in [6.45, 7) is 0.291. The number of hydrogen-bond acceptors (Lipinski definition) is 4. The molecule has 0 atom stereocenters. The van der Waals surface area contributed by atoms with Gasteiger partial charge in [-0.25, -0.2) is 8.42 Å². The van der Waals surface area contributed by atoms with Crippen LogP contribution in [0.5, 0.6) is 0 Å². The van der Waals surface area contributed by atoms with E-state index >= 15 is 0 Å². The fraction of sp³-hybridized carbons (Fsp3) is 0.481. The molecule has 176 valence electrons. The molecule has 0 bridgehead atoms. The van der Waals surface area contributed by atoms with E-state index < -0.39 is 9.84 Å². The Morgan fingerprint density at radius 3 is 1.59 bits per heavy atom. The third-order valence-corrected chi connectivity index (χ3v) is 7.50. The van der Waals surface area contributed by atoms with Crippen molar-refractivity contribution >= 4 is 27.7 Å². The summed E-state index contributed by atoms with van der Waals surface area (Å²) >= 11 is 0. The minimum Gasteiger partial charge on any atom is -0.396 e. The number of benzene rings is 2. The molecule has 1 N–H and O–H groups in total. The summed E-state index contributed by atoms with van der Waals surface area (Å²) in [7, 11) is 0.819. The normalized spacial score (nSPS) is 11.8. The van der Waals surface area contributed by atoms with Crippen LogP contribution in [-0.2, 0) is 9.84 Å². The number of aliphatic hydroxyl groups is 1. The second kappa shape index (κ2) is 14.1. The van der Waals surface area contributed by atoms with Gasteiger partial charge in [0.2, 0.25) is 0 Å². The molecule has 2 aromatic rings. The Morgan fingerprint density at radius 1 is 0.688 bits per heavy atom. The predicted octanol–water partition coefficient (Wildman–Crippen LogP) is 6.20. The van der Waals surface area contributed by atoms with E-state index in [2.05, 4.69) is 29.2 Å². The Morgan fingerprint density at radius 2 is 1.12 bits per heavy atom. The molecular formula is C27H39NO3S. The third-order valence-electron chi connectivity index (χ3n) is 5.69. The Hall–Kier alpha value is -2.11. The molecule has 0 spiro atoms. The maximum Gasteiger partial charge on any atom is 0.178 e. The maximum atomic E-state index is 12.6. The summed E-state index contributed by atoms with van der Waals surface area (Å²) in [5, 5.41) is 8.76. The summed E-state index contributed by atoms with van der Waals surface area (Å²) in [5.41, 5.74) is 3.25. The minimum absolute atomic E-state index is 0.219. The summed E-state index contributed by atoms with van der Waals surface area (Å²) in [5.74, 6) is 0.219. The largest absolute Gasteiger partial charge is 0.396 e. The van der Waals surface area contributed by atoms with Gasteiger partial charge in [-0.2, -0.15) is 0 Å². The fourth-order valence-corrected chi connectivity index (χ4v) is 4.99. The Labute approximate surface area is 194 Å². The fourth-order valence-electron chi connectivity index (χ4n) is 3.62. The molecule has 5 heteroatoms. The highest BCUT2D eigenvalue weighted by molar-refractivity contribution is 7.91. The van der Waals surface area contributed by atoms with Crippen molar-refractivity contribution in [2.75, 3.05) is 31.4 Å². The summed E-state index contributed by atoms with van der Waals surface area (Å²) < 4.78 is 25.2. The van der Waals surface area contributed by atoms with E-state index in [1.807, 2.05) is 38.4 Å². The molecule has 0 heterocycles. The molecule has 32 heavy (non-hydrogen) atoms. The molecular weight excluding hydrogens is 418 g/mol. The molecule has 0 unspecified atom stereocenters.